The second-order valence-corrected chi connectivity index (χ2v) is 14.6. The Kier molecular flexibility index (Phi) is 7.40. The second kappa shape index (κ2) is 10.9. The van der Waals surface area contributed by atoms with Crippen LogP contribution in [0.25, 0.3) is 0 Å². The maximum atomic E-state index is 13.8. The van der Waals surface area contributed by atoms with Crippen molar-refractivity contribution in [2.45, 2.75) is 103 Å². The van der Waals surface area contributed by atoms with Crippen molar-refractivity contribution in [2.24, 2.45) is 16.9 Å². The molecule has 1 atom stereocenters. The van der Waals surface area contributed by atoms with E-state index in [1.165, 1.54) is 31.2 Å². The van der Waals surface area contributed by atoms with Gasteiger partial charge >= 0.3 is 18.2 Å². The molecule has 6 nitrogen and oxygen atoms in total. The molecule has 0 amide bonds. The summed E-state index contributed by atoms with van der Waals surface area (Å²) in [5, 5.41) is 6.40. The number of aromatic nitrogens is 1. The smallest absolute Gasteiger partial charge is 0.356 e. The number of pyridine rings is 1. The second-order valence-electron chi connectivity index (χ2n) is 14.6. The van der Waals surface area contributed by atoms with Crippen molar-refractivity contribution in [2.75, 3.05) is 25.0 Å². The standard InChI is InChI=1S/C34H41F6N6/c1-20-28-31(42-43(4)46(20)28)45(18-23-12-26(33(35,36)37)15-27(13-23)34(38,39)40)19-25-14-24-6-5-11-32(2,3)29(24)41-30(25)44(16-21-7-8-21)17-22-9-10-22/h12-15,21-22,28H,5-11,16-19H2,1-4H3/q+1. The van der Waals surface area contributed by atoms with Gasteiger partial charge in [-0.05, 0) is 97.3 Å². The van der Waals surface area contributed by atoms with E-state index in [-0.39, 0.29) is 36.2 Å². The van der Waals surface area contributed by atoms with Gasteiger partial charge in [-0.25, -0.2) is 4.98 Å². The number of alkyl halides is 6. The van der Waals surface area contributed by atoms with Gasteiger partial charge in [0, 0.05) is 37.5 Å². The van der Waals surface area contributed by atoms with Crippen molar-refractivity contribution in [3.63, 3.8) is 0 Å². The summed E-state index contributed by atoms with van der Waals surface area (Å²) in [7, 11) is 1.79. The molecule has 0 radical (unpaired) electrons. The molecule has 7 rings (SSSR count). The Morgan fingerprint density at radius 2 is 1.50 bits per heavy atom. The van der Waals surface area contributed by atoms with E-state index in [0.29, 0.717) is 17.7 Å². The first kappa shape index (κ1) is 31.3. The van der Waals surface area contributed by atoms with Gasteiger partial charge in [-0.15, -0.1) is 4.68 Å². The van der Waals surface area contributed by atoms with Gasteiger partial charge in [0.15, 0.2) is 5.71 Å². The summed E-state index contributed by atoms with van der Waals surface area (Å²) < 4.78 is 85.0. The lowest BCUT2D eigenvalue weighted by Crippen LogP contribution is -2.37. The van der Waals surface area contributed by atoms with E-state index < -0.39 is 23.5 Å². The Labute approximate surface area is 265 Å². The fourth-order valence-corrected chi connectivity index (χ4v) is 7.28. The van der Waals surface area contributed by atoms with Crippen LogP contribution in [0.3, 0.4) is 0 Å². The summed E-state index contributed by atoms with van der Waals surface area (Å²) in [5.41, 5.74) is 1.49. The van der Waals surface area contributed by atoms with E-state index in [0.717, 1.165) is 67.3 Å². The van der Waals surface area contributed by atoms with Crippen molar-refractivity contribution < 1.29 is 31.0 Å². The lowest BCUT2D eigenvalue weighted by atomic mass is 9.75. The maximum absolute atomic E-state index is 13.8. The van der Waals surface area contributed by atoms with Crippen molar-refractivity contribution in [1.82, 2.24) is 15.0 Å². The van der Waals surface area contributed by atoms with Gasteiger partial charge in [0.1, 0.15) is 5.82 Å². The molecule has 0 bridgehead atoms. The highest BCUT2D eigenvalue weighted by atomic mass is 19.4. The van der Waals surface area contributed by atoms with E-state index in [4.69, 9.17) is 10.1 Å². The molecule has 3 aliphatic carbocycles. The molecule has 1 aromatic heterocycles. The molecule has 248 valence electrons. The van der Waals surface area contributed by atoms with E-state index in [1.54, 1.807) is 12.2 Å². The van der Waals surface area contributed by atoms with Gasteiger partial charge < -0.3 is 9.80 Å². The van der Waals surface area contributed by atoms with Crippen LogP contribution in [0.5, 0.6) is 0 Å². The molecule has 0 spiro atoms. The molecule has 2 saturated carbocycles. The number of aryl methyl sites for hydroxylation is 1. The van der Waals surface area contributed by atoms with Crippen molar-refractivity contribution >= 4 is 17.4 Å². The predicted molar refractivity (Wildman–Crippen MR) is 163 cm³/mol. The van der Waals surface area contributed by atoms with Crippen LogP contribution in [0.1, 0.15) is 92.8 Å². The first-order valence-electron chi connectivity index (χ1n) is 16.3. The maximum Gasteiger partial charge on any atom is 0.416 e. The minimum absolute atomic E-state index is 0.0642. The summed E-state index contributed by atoms with van der Waals surface area (Å²) in [5.74, 6) is 2.75. The van der Waals surface area contributed by atoms with Crippen LogP contribution in [0.15, 0.2) is 29.4 Å². The zero-order valence-electron chi connectivity index (χ0n) is 26.8. The molecular weight excluding hydrogens is 606 g/mol. The fourth-order valence-electron chi connectivity index (χ4n) is 7.28. The highest BCUT2D eigenvalue weighted by molar-refractivity contribution is 6.12. The topological polar surface area (TPSA) is 38.0 Å². The third-order valence-corrected chi connectivity index (χ3v) is 10.1. The zero-order valence-corrected chi connectivity index (χ0v) is 26.8. The first-order valence-corrected chi connectivity index (χ1v) is 16.3. The van der Waals surface area contributed by atoms with Gasteiger partial charge in [0.05, 0.1) is 35.5 Å². The van der Waals surface area contributed by atoms with Crippen molar-refractivity contribution in [3.8, 4) is 0 Å². The van der Waals surface area contributed by atoms with Crippen molar-refractivity contribution in [3.05, 3.63) is 57.8 Å². The van der Waals surface area contributed by atoms with E-state index in [1.807, 2.05) is 16.5 Å². The van der Waals surface area contributed by atoms with Crippen LogP contribution in [0, 0.1) is 11.8 Å². The van der Waals surface area contributed by atoms with Gasteiger partial charge in [0.2, 0.25) is 0 Å². The number of rotatable bonds is 9. The molecule has 2 aromatic rings. The van der Waals surface area contributed by atoms with Gasteiger partial charge in [0.25, 0.3) is 6.04 Å². The van der Waals surface area contributed by atoms with Gasteiger partial charge in [-0.1, -0.05) is 13.8 Å². The number of anilines is 1. The Balaban J connectivity index is 1.32. The average molecular weight is 648 g/mol. The molecular formula is C34H41F6N6+. The Morgan fingerprint density at radius 3 is 2.02 bits per heavy atom. The SMILES string of the molecule is CC1=[N+]2C1C(N(Cc1cc(C(F)(F)F)cc(C(F)(F)F)c1)Cc1cc3c(nc1N(CC1CC1)CC1CC1)C(C)(C)CCC3)=NN2C. The van der Waals surface area contributed by atoms with Crippen LogP contribution >= 0.6 is 0 Å². The number of hydrogen-bond donors (Lipinski definition) is 0. The molecule has 2 fully saturated rings. The monoisotopic (exact) mass is 647 g/mol. The lowest BCUT2D eigenvalue weighted by molar-refractivity contribution is -0.620. The quantitative estimate of drug-likeness (QED) is 0.210. The number of hydrazone groups is 2. The Bertz CT molecular complexity index is 1550. The van der Waals surface area contributed by atoms with Crippen LogP contribution in [0.4, 0.5) is 32.2 Å². The molecule has 2 aliphatic heterocycles. The number of hydrogen-bond acceptors (Lipinski definition) is 5. The Morgan fingerprint density at radius 1 is 0.891 bits per heavy atom. The molecule has 0 N–H and O–H groups in total. The summed E-state index contributed by atoms with van der Waals surface area (Å²) in [6.45, 7) is 8.34. The van der Waals surface area contributed by atoms with Crippen LogP contribution in [0.2, 0.25) is 0 Å². The number of fused-ring (bicyclic) bond motifs is 2. The number of halogens is 6. The average Bonchev–Trinajstić information content (AvgIpc) is 3.88. The van der Waals surface area contributed by atoms with Crippen LogP contribution in [-0.4, -0.2) is 57.4 Å². The predicted octanol–water partition coefficient (Wildman–Crippen LogP) is 7.39. The van der Waals surface area contributed by atoms with Gasteiger partial charge in [-0.2, -0.15) is 26.3 Å². The minimum atomic E-state index is -4.92. The third-order valence-electron chi connectivity index (χ3n) is 10.1. The number of amidine groups is 1. The number of benzene rings is 1. The normalized spacial score (nSPS) is 22.1. The molecule has 3 heterocycles. The molecule has 5 aliphatic rings. The van der Waals surface area contributed by atoms with Gasteiger partial charge in [-0.3, -0.25) is 0 Å². The summed E-state index contributed by atoms with van der Waals surface area (Å²) in [4.78, 5) is 9.68. The number of nitrogens with zero attached hydrogens (tertiary/aromatic N) is 6. The van der Waals surface area contributed by atoms with E-state index >= 15 is 0 Å². The van der Waals surface area contributed by atoms with Crippen molar-refractivity contribution in [1.29, 1.82) is 0 Å². The zero-order chi connectivity index (χ0) is 32.8. The molecule has 1 aromatic carbocycles. The third kappa shape index (κ3) is 6.20. The minimum Gasteiger partial charge on any atom is -0.356 e. The summed E-state index contributed by atoms with van der Waals surface area (Å²) >= 11 is 0. The molecule has 46 heavy (non-hydrogen) atoms. The fraction of sp³-hybridized carbons (Fsp3) is 0.618. The largest absolute Gasteiger partial charge is 0.416 e. The highest BCUT2D eigenvalue weighted by Crippen LogP contribution is 2.42. The Hall–Kier alpha value is -3.31. The van der Waals surface area contributed by atoms with E-state index in [9.17, 15) is 26.3 Å². The highest BCUT2D eigenvalue weighted by Gasteiger charge is 2.57. The molecule has 0 saturated heterocycles. The van der Waals surface area contributed by atoms with Crippen LogP contribution < -0.4 is 4.90 Å². The first-order chi connectivity index (χ1) is 21.6. The summed E-state index contributed by atoms with van der Waals surface area (Å²) in [6, 6.07) is 3.91. The number of hydrazine groups is 1. The molecule has 12 heteroatoms. The summed E-state index contributed by atoms with van der Waals surface area (Å²) in [6.07, 6.45) is -2.13. The lowest BCUT2D eigenvalue weighted by Gasteiger charge is -2.35. The molecule has 1 unspecified atom stereocenters. The van der Waals surface area contributed by atoms with Crippen LogP contribution in [-0.2, 0) is 37.3 Å². The van der Waals surface area contributed by atoms with E-state index in [2.05, 4.69) is 24.8 Å².